The largest absolute Gasteiger partial charge is 0.573 e. The van der Waals surface area contributed by atoms with Gasteiger partial charge in [0.15, 0.2) is 0 Å². The van der Waals surface area contributed by atoms with Gasteiger partial charge in [-0.15, -0.1) is 13.2 Å². The fourth-order valence-corrected chi connectivity index (χ4v) is 1.60. The van der Waals surface area contributed by atoms with E-state index in [4.69, 9.17) is 0 Å². The Morgan fingerprint density at radius 2 is 1.94 bits per heavy atom. The van der Waals surface area contributed by atoms with Gasteiger partial charge in [0.05, 0.1) is 6.20 Å². The molecule has 3 nitrogen and oxygen atoms in total. The van der Waals surface area contributed by atoms with Gasteiger partial charge in [-0.2, -0.15) is 5.10 Å². The lowest BCUT2D eigenvalue weighted by Crippen LogP contribution is -2.17. The molecule has 0 unspecified atom stereocenters. The number of nitrogens with zero attached hydrogens (tertiary/aromatic N) is 1. The van der Waals surface area contributed by atoms with Gasteiger partial charge < -0.3 is 4.74 Å². The van der Waals surface area contributed by atoms with Crippen molar-refractivity contribution >= 4 is 0 Å². The zero-order chi connectivity index (χ0) is 13.0. The second-order valence-corrected chi connectivity index (χ2v) is 3.80. The highest BCUT2D eigenvalue weighted by Crippen LogP contribution is 2.23. The molecule has 0 radical (unpaired) electrons. The summed E-state index contributed by atoms with van der Waals surface area (Å²) in [6.07, 6.45) is 0.149. The normalized spacial score (nSPS) is 11.5. The average molecular weight is 256 g/mol. The minimum atomic E-state index is -4.65. The fourth-order valence-electron chi connectivity index (χ4n) is 1.60. The first-order valence-electron chi connectivity index (χ1n) is 5.35. The molecule has 0 spiro atoms. The maximum Gasteiger partial charge on any atom is 0.573 e. The first-order chi connectivity index (χ1) is 8.53. The van der Waals surface area contributed by atoms with Gasteiger partial charge in [0, 0.05) is 6.20 Å². The number of ether oxygens (including phenoxy) is 1. The zero-order valence-corrected chi connectivity index (χ0v) is 9.37. The number of alkyl halides is 3. The van der Waals surface area contributed by atoms with Crippen molar-refractivity contribution in [3.8, 4) is 5.75 Å². The lowest BCUT2D eigenvalue weighted by atomic mass is 10.1. The molecule has 6 heteroatoms. The van der Waals surface area contributed by atoms with Crippen LogP contribution in [0.25, 0.3) is 0 Å². The Morgan fingerprint density at radius 3 is 2.61 bits per heavy atom. The van der Waals surface area contributed by atoms with Crippen molar-refractivity contribution in [3.05, 3.63) is 47.8 Å². The van der Waals surface area contributed by atoms with Crippen LogP contribution in [-0.4, -0.2) is 16.6 Å². The predicted octanol–water partition coefficient (Wildman–Crippen LogP) is 3.09. The topological polar surface area (TPSA) is 37.9 Å². The van der Waals surface area contributed by atoms with E-state index in [9.17, 15) is 13.2 Å². The molecule has 0 amide bonds. The van der Waals surface area contributed by atoms with Gasteiger partial charge in [-0.1, -0.05) is 12.1 Å². The smallest absolute Gasteiger partial charge is 0.406 e. The molecule has 0 atom stereocenters. The van der Waals surface area contributed by atoms with Crippen LogP contribution in [0.5, 0.6) is 5.75 Å². The highest BCUT2D eigenvalue weighted by molar-refractivity contribution is 5.29. The average Bonchev–Trinajstić information content (AvgIpc) is 2.77. The third kappa shape index (κ3) is 3.80. The number of aromatic amines is 1. The summed E-state index contributed by atoms with van der Waals surface area (Å²) < 4.78 is 40.0. The molecular weight excluding hydrogens is 245 g/mol. The van der Waals surface area contributed by atoms with Crippen LogP contribution in [0.4, 0.5) is 13.2 Å². The van der Waals surface area contributed by atoms with E-state index in [1.807, 2.05) is 0 Å². The van der Waals surface area contributed by atoms with Crippen LogP contribution in [0.1, 0.15) is 11.1 Å². The Labute approximate surface area is 102 Å². The number of nitrogens with one attached hydrogen (secondary N) is 1. The lowest BCUT2D eigenvalue weighted by molar-refractivity contribution is -0.274. The van der Waals surface area contributed by atoms with E-state index < -0.39 is 6.36 Å². The molecule has 1 aromatic carbocycles. The molecule has 2 rings (SSSR count). The van der Waals surface area contributed by atoms with E-state index in [0.717, 1.165) is 11.1 Å². The minimum Gasteiger partial charge on any atom is -0.406 e. The number of rotatable bonds is 4. The van der Waals surface area contributed by atoms with Gasteiger partial charge in [0.1, 0.15) is 5.75 Å². The van der Waals surface area contributed by atoms with Gasteiger partial charge >= 0.3 is 6.36 Å². The van der Waals surface area contributed by atoms with E-state index in [1.165, 1.54) is 12.1 Å². The Balaban J connectivity index is 1.99. The Morgan fingerprint density at radius 1 is 1.17 bits per heavy atom. The predicted molar refractivity (Wildman–Crippen MR) is 59.1 cm³/mol. The summed E-state index contributed by atoms with van der Waals surface area (Å²) in [6, 6.07) is 6.00. The summed E-state index contributed by atoms with van der Waals surface area (Å²) in [5.41, 5.74) is 1.80. The van der Waals surface area contributed by atoms with E-state index in [1.54, 1.807) is 24.5 Å². The third-order valence-corrected chi connectivity index (χ3v) is 2.39. The van der Waals surface area contributed by atoms with Gasteiger partial charge in [-0.3, -0.25) is 5.10 Å². The molecule has 1 aromatic heterocycles. The zero-order valence-electron chi connectivity index (χ0n) is 9.37. The van der Waals surface area contributed by atoms with Crippen LogP contribution in [-0.2, 0) is 12.8 Å². The van der Waals surface area contributed by atoms with Crippen molar-refractivity contribution in [3.63, 3.8) is 0 Å². The first-order valence-corrected chi connectivity index (χ1v) is 5.35. The van der Waals surface area contributed by atoms with Crippen molar-refractivity contribution in [1.82, 2.24) is 10.2 Å². The van der Waals surface area contributed by atoms with Crippen molar-refractivity contribution in [1.29, 1.82) is 0 Å². The standard InChI is InChI=1S/C12H11F3N2O/c13-12(14,15)18-11-3-1-2-9(6-11)4-5-10-7-16-17-8-10/h1-3,6-8H,4-5H2,(H,16,17). The van der Waals surface area contributed by atoms with Crippen LogP contribution < -0.4 is 4.74 Å². The number of aromatic nitrogens is 2. The van der Waals surface area contributed by atoms with Crippen LogP contribution in [0.15, 0.2) is 36.7 Å². The molecule has 0 aliphatic heterocycles. The molecule has 0 bridgehead atoms. The highest BCUT2D eigenvalue weighted by atomic mass is 19.4. The second kappa shape index (κ2) is 5.12. The van der Waals surface area contributed by atoms with E-state index in [0.29, 0.717) is 12.8 Å². The van der Waals surface area contributed by atoms with Crippen molar-refractivity contribution in [2.24, 2.45) is 0 Å². The van der Waals surface area contributed by atoms with Crippen molar-refractivity contribution in [2.75, 3.05) is 0 Å². The monoisotopic (exact) mass is 256 g/mol. The highest BCUT2D eigenvalue weighted by Gasteiger charge is 2.31. The Kier molecular flexibility index (Phi) is 3.55. The number of H-pyrrole nitrogens is 1. The van der Waals surface area contributed by atoms with Crippen LogP contribution >= 0.6 is 0 Å². The molecule has 96 valence electrons. The number of hydrogen-bond donors (Lipinski definition) is 1. The lowest BCUT2D eigenvalue weighted by Gasteiger charge is -2.09. The molecule has 18 heavy (non-hydrogen) atoms. The Bertz CT molecular complexity index is 494. The summed E-state index contributed by atoms with van der Waals surface area (Å²) in [6.45, 7) is 0. The van der Waals surface area contributed by atoms with Gasteiger partial charge in [0.25, 0.3) is 0 Å². The molecule has 0 fully saturated rings. The number of hydrogen-bond acceptors (Lipinski definition) is 2. The molecule has 0 saturated heterocycles. The maximum absolute atomic E-state index is 12.0. The molecule has 0 aliphatic rings. The summed E-state index contributed by atoms with van der Waals surface area (Å²) in [5, 5.41) is 6.49. The maximum atomic E-state index is 12.0. The summed E-state index contributed by atoms with van der Waals surface area (Å²) in [7, 11) is 0. The fraction of sp³-hybridized carbons (Fsp3) is 0.250. The molecular formula is C12H11F3N2O. The molecule has 1 N–H and O–H groups in total. The number of aryl methyl sites for hydroxylation is 2. The minimum absolute atomic E-state index is 0.188. The van der Waals surface area contributed by atoms with Crippen molar-refractivity contribution < 1.29 is 17.9 Å². The van der Waals surface area contributed by atoms with E-state index in [-0.39, 0.29) is 5.75 Å². The second-order valence-electron chi connectivity index (χ2n) is 3.80. The van der Waals surface area contributed by atoms with Gasteiger partial charge in [-0.05, 0) is 36.1 Å². The molecule has 0 aliphatic carbocycles. The van der Waals surface area contributed by atoms with E-state index >= 15 is 0 Å². The third-order valence-electron chi connectivity index (χ3n) is 2.39. The van der Waals surface area contributed by atoms with E-state index in [2.05, 4.69) is 14.9 Å². The number of halogens is 3. The summed E-state index contributed by atoms with van der Waals surface area (Å²) in [4.78, 5) is 0. The van der Waals surface area contributed by atoms with Gasteiger partial charge in [0.2, 0.25) is 0 Å². The SMILES string of the molecule is FC(F)(F)Oc1cccc(CCc2cn[nH]c2)c1. The quantitative estimate of drug-likeness (QED) is 0.912. The summed E-state index contributed by atoms with van der Waals surface area (Å²) in [5.74, 6) is -0.188. The van der Waals surface area contributed by atoms with Crippen LogP contribution in [0.2, 0.25) is 0 Å². The molecule has 0 saturated carbocycles. The molecule has 2 aromatic rings. The first kappa shape index (κ1) is 12.5. The van der Waals surface area contributed by atoms with Crippen molar-refractivity contribution in [2.45, 2.75) is 19.2 Å². The molecule has 1 heterocycles. The van der Waals surface area contributed by atoms with Crippen LogP contribution in [0, 0.1) is 0 Å². The van der Waals surface area contributed by atoms with Gasteiger partial charge in [-0.25, -0.2) is 0 Å². The summed E-state index contributed by atoms with van der Waals surface area (Å²) >= 11 is 0. The number of benzene rings is 1. The van der Waals surface area contributed by atoms with Crippen LogP contribution in [0.3, 0.4) is 0 Å². The Hall–Kier alpha value is -1.98.